The number of aryl methyl sites for hydroxylation is 1. The molecule has 2 rings (SSSR count). The molecule has 2 heterocycles. The summed E-state index contributed by atoms with van der Waals surface area (Å²) in [6.45, 7) is 0.596. The van der Waals surface area contributed by atoms with Crippen molar-refractivity contribution in [3.8, 4) is 0 Å². The minimum Gasteiger partial charge on any atom is -0.481 e. The molecule has 96 valence electrons. The number of rotatable bonds is 2. The Hall–Kier alpha value is -2.18. The number of hydrogen-bond donors (Lipinski definition) is 1. The molecule has 1 aromatic rings. The Labute approximate surface area is 103 Å². The molecule has 1 aromatic heterocycles. The van der Waals surface area contributed by atoms with Crippen molar-refractivity contribution in [2.75, 3.05) is 13.1 Å². The first-order chi connectivity index (χ1) is 8.49. The van der Waals surface area contributed by atoms with Crippen molar-refractivity contribution < 1.29 is 14.7 Å². The van der Waals surface area contributed by atoms with E-state index in [1.807, 2.05) is 0 Å². The van der Waals surface area contributed by atoms with Gasteiger partial charge in [-0.2, -0.15) is 5.10 Å². The molecule has 1 unspecified atom stereocenters. The van der Waals surface area contributed by atoms with Gasteiger partial charge in [-0.1, -0.05) is 0 Å². The number of amides is 1. The van der Waals surface area contributed by atoms with Crippen LogP contribution in [0.25, 0.3) is 0 Å². The van der Waals surface area contributed by atoms with Crippen molar-refractivity contribution in [3.63, 3.8) is 0 Å². The summed E-state index contributed by atoms with van der Waals surface area (Å²) < 4.78 is 1.08. The van der Waals surface area contributed by atoms with Gasteiger partial charge in [0.05, 0.1) is 5.92 Å². The molecule has 0 aliphatic carbocycles. The summed E-state index contributed by atoms with van der Waals surface area (Å²) in [7, 11) is 1.46. The lowest BCUT2D eigenvalue weighted by Crippen LogP contribution is -2.32. The maximum absolute atomic E-state index is 12.0. The van der Waals surface area contributed by atoms with E-state index in [4.69, 9.17) is 5.11 Å². The Kier molecular flexibility index (Phi) is 3.14. The predicted molar refractivity (Wildman–Crippen MR) is 61.1 cm³/mol. The SMILES string of the molecule is Cn1nc(C(=O)N2CCC(C(=O)O)C2)ccc1=O. The zero-order valence-electron chi connectivity index (χ0n) is 9.87. The third kappa shape index (κ3) is 2.24. The molecule has 18 heavy (non-hydrogen) atoms. The zero-order valence-corrected chi connectivity index (χ0v) is 9.87. The number of hydrogen-bond acceptors (Lipinski definition) is 4. The number of carboxylic acid groups (broad SMARTS) is 1. The average molecular weight is 251 g/mol. The first-order valence-corrected chi connectivity index (χ1v) is 5.55. The number of nitrogens with zero attached hydrogens (tertiary/aromatic N) is 3. The highest BCUT2D eigenvalue weighted by Gasteiger charge is 2.31. The number of carboxylic acids is 1. The fourth-order valence-corrected chi connectivity index (χ4v) is 1.92. The molecule has 1 saturated heterocycles. The minimum atomic E-state index is -0.890. The van der Waals surface area contributed by atoms with Gasteiger partial charge in [-0.25, -0.2) is 4.68 Å². The van der Waals surface area contributed by atoms with E-state index in [1.54, 1.807) is 0 Å². The Bertz CT molecular complexity index is 551. The number of likely N-dealkylation sites (tertiary alicyclic amines) is 1. The fraction of sp³-hybridized carbons (Fsp3) is 0.455. The highest BCUT2D eigenvalue weighted by Crippen LogP contribution is 2.17. The number of carbonyl (C=O) groups is 2. The van der Waals surface area contributed by atoms with E-state index in [2.05, 4.69) is 5.10 Å². The molecule has 1 atom stereocenters. The summed E-state index contributed by atoms with van der Waals surface area (Å²) in [6.07, 6.45) is 0.451. The van der Waals surface area contributed by atoms with Crippen LogP contribution in [0, 0.1) is 5.92 Å². The lowest BCUT2D eigenvalue weighted by molar-refractivity contribution is -0.141. The Balaban J connectivity index is 2.15. The van der Waals surface area contributed by atoms with E-state index in [9.17, 15) is 14.4 Å². The minimum absolute atomic E-state index is 0.156. The summed E-state index contributed by atoms with van der Waals surface area (Å²) in [5, 5.41) is 12.7. The summed E-state index contributed by atoms with van der Waals surface area (Å²) in [5.74, 6) is -1.74. The van der Waals surface area contributed by atoms with E-state index in [1.165, 1.54) is 24.1 Å². The van der Waals surface area contributed by atoms with Gasteiger partial charge in [0.1, 0.15) is 5.69 Å². The summed E-state index contributed by atoms with van der Waals surface area (Å²) >= 11 is 0. The van der Waals surface area contributed by atoms with E-state index < -0.39 is 11.9 Å². The Morgan fingerprint density at radius 3 is 2.72 bits per heavy atom. The molecule has 0 radical (unpaired) electrons. The van der Waals surface area contributed by atoms with Crippen LogP contribution < -0.4 is 5.56 Å². The molecule has 1 amide bonds. The van der Waals surface area contributed by atoms with Crippen molar-refractivity contribution in [1.82, 2.24) is 14.7 Å². The summed E-state index contributed by atoms with van der Waals surface area (Å²) in [4.78, 5) is 35.4. The molecule has 1 fully saturated rings. The van der Waals surface area contributed by atoms with E-state index in [0.29, 0.717) is 13.0 Å². The van der Waals surface area contributed by atoms with Gasteiger partial charge >= 0.3 is 5.97 Å². The van der Waals surface area contributed by atoms with E-state index in [-0.39, 0.29) is 23.7 Å². The Morgan fingerprint density at radius 1 is 1.44 bits per heavy atom. The first-order valence-electron chi connectivity index (χ1n) is 5.55. The maximum Gasteiger partial charge on any atom is 0.308 e. The molecular formula is C11H13N3O4. The van der Waals surface area contributed by atoms with Crippen LogP contribution in [0.1, 0.15) is 16.9 Å². The third-order valence-electron chi connectivity index (χ3n) is 3.00. The van der Waals surface area contributed by atoms with Gasteiger partial charge in [-0.05, 0) is 12.5 Å². The number of aliphatic carboxylic acids is 1. The van der Waals surface area contributed by atoms with Gasteiger partial charge in [-0.15, -0.1) is 0 Å². The van der Waals surface area contributed by atoms with Crippen LogP contribution in [-0.4, -0.2) is 44.8 Å². The van der Waals surface area contributed by atoms with Gasteiger partial charge in [-0.3, -0.25) is 14.4 Å². The Morgan fingerprint density at radius 2 is 2.17 bits per heavy atom. The number of carbonyl (C=O) groups excluding carboxylic acids is 1. The van der Waals surface area contributed by atoms with Crippen LogP contribution in [0.15, 0.2) is 16.9 Å². The number of aromatic nitrogens is 2. The summed E-state index contributed by atoms with van der Waals surface area (Å²) in [6, 6.07) is 2.63. The van der Waals surface area contributed by atoms with Gasteiger partial charge < -0.3 is 10.0 Å². The van der Waals surface area contributed by atoms with Crippen LogP contribution in [0.2, 0.25) is 0 Å². The van der Waals surface area contributed by atoms with Crippen molar-refractivity contribution >= 4 is 11.9 Å². The van der Waals surface area contributed by atoms with Crippen LogP contribution in [0.5, 0.6) is 0 Å². The molecular weight excluding hydrogens is 238 g/mol. The highest BCUT2D eigenvalue weighted by atomic mass is 16.4. The van der Waals surface area contributed by atoms with E-state index in [0.717, 1.165) is 4.68 Å². The van der Waals surface area contributed by atoms with Crippen LogP contribution in [0.4, 0.5) is 0 Å². The fourth-order valence-electron chi connectivity index (χ4n) is 1.92. The monoisotopic (exact) mass is 251 g/mol. The van der Waals surface area contributed by atoms with Crippen LogP contribution >= 0.6 is 0 Å². The first kappa shape index (κ1) is 12.3. The van der Waals surface area contributed by atoms with Crippen LogP contribution in [0.3, 0.4) is 0 Å². The third-order valence-corrected chi connectivity index (χ3v) is 3.00. The second kappa shape index (κ2) is 4.59. The van der Waals surface area contributed by atoms with Crippen molar-refractivity contribution in [2.45, 2.75) is 6.42 Å². The second-order valence-electron chi connectivity index (χ2n) is 4.26. The molecule has 0 aromatic carbocycles. The lowest BCUT2D eigenvalue weighted by Gasteiger charge is -2.15. The molecule has 1 aliphatic rings. The predicted octanol–water partition coefficient (Wildman–Crippen LogP) is -0.673. The second-order valence-corrected chi connectivity index (χ2v) is 4.26. The van der Waals surface area contributed by atoms with Crippen molar-refractivity contribution in [2.24, 2.45) is 13.0 Å². The van der Waals surface area contributed by atoms with E-state index >= 15 is 0 Å². The normalized spacial score (nSPS) is 18.9. The lowest BCUT2D eigenvalue weighted by atomic mass is 10.1. The molecule has 1 N–H and O–H groups in total. The van der Waals surface area contributed by atoms with Gasteiger partial charge in [0.2, 0.25) is 0 Å². The van der Waals surface area contributed by atoms with Gasteiger partial charge in [0.15, 0.2) is 0 Å². The van der Waals surface area contributed by atoms with Crippen LogP contribution in [-0.2, 0) is 11.8 Å². The van der Waals surface area contributed by atoms with Gasteiger partial charge in [0.25, 0.3) is 11.5 Å². The van der Waals surface area contributed by atoms with Gasteiger partial charge in [0, 0.05) is 26.2 Å². The van der Waals surface area contributed by atoms with Crippen molar-refractivity contribution in [1.29, 1.82) is 0 Å². The average Bonchev–Trinajstić information content (AvgIpc) is 2.81. The van der Waals surface area contributed by atoms with Crippen molar-refractivity contribution in [3.05, 3.63) is 28.2 Å². The topological polar surface area (TPSA) is 92.5 Å². The molecule has 7 heteroatoms. The summed E-state index contributed by atoms with van der Waals surface area (Å²) in [5.41, 5.74) is -0.139. The zero-order chi connectivity index (χ0) is 13.3. The molecule has 0 bridgehead atoms. The molecule has 7 nitrogen and oxygen atoms in total. The smallest absolute Gasteiger partial charge is 0.308 e. The quantitative estimate of drug-likeness (QED) is 0.752. The standard InChI is InChI=1S/C11H13N3O4/c1-13-9(15)3-2-8(12-13)10(16)14-5-4-7(6-14)11(17)18/h2-3,7H,4-6H2,1H3,(H,17,18). The largest absolute Gasteiger partial charge is 0.481 e. The molecule has 1 aliphatic heterocycles. The highest BCUT2D eigenvalue weighted by molar-refractivity contribution is 5.92. The molecule has 0 spiro atoms. The maximum atomic E-state index is 12.0. The molecule has 0 saturated carbocycles.